The molecule has 1 unspecified atom stereocenters. The zero-order valence-electron chi connectivity index (χ0n) is 13.6. The van der Waals surface area contributed by atoms with Crippen LogP contribution in [0, 0.1) is 0 Å². The van der Waals surface area contributed by atoms with E-state index in [-0.39, 0.29) is 6.29 Å². The van der Waals surface area contributed by atoms with Crippen LogP contribution in [0.15, 0.2) is 24.3 Å². The van der Waals surface area contributed by atoms with E-state index in [2.05, 4.69) is 36.2 Å². The van der Waals surface area contributed by atoms with E-state index in [0.717, 1.165) is 32.5 Å². The van der Waals surface area contributed by atoms with Crippen molar-refractivity contribution in [2.75, 3.05) is 13.2 Å². The smallest absolute Gasteiger partial charge is 0.157 e. The number of aryl methyl sites for hydroxylation is 1. The molecule has 1 saturated heterocycles. The second kappa shape index (κ2) is 7.80. The Hall–Kier alpha value is -1.32. The summed E-state index contributed by atoms with van der Waals surface area (Å²) < 4.78 is 11.6. The predicted octanol–water partition coefficient (Wildman–Crippen LogP) is 4.60. The molecule has 1 aromatic heterocycles. The van der Waals surface area contributed by atoms with Crippen molar-refractivity contribution in [3.63, 3.8) is 0 Å². The summed E-state index contributed by atoms with van der Waals surface area (Å²) in [5, 5.41) is 1.35. The molecule has 1 fully saturated rings. The second-order valence-electron chi connectivity index (χ2n) is 6.15. The lowest BCUT2D eigenvalue weighted by Gasteiger charge is -2.22. The highest BCUT2D eigenvalue weighted by atomic mass is 16.7. The number of hydrogen-bond donors (Lipinski definition) is 1. The molecular formula is C19H27NO2. The van der Waals surface area contributed by atoms with Crippen LogP contribution >= 0.6 is 0 Å². The Morgan fingerprint density at radius 3 is 2.95 bits per heavy atom. The van der Waals surface area contributed by atoms with Gasteiger partial charge in [-0.2, -0.15) is 0 Å². The first-order valence-corrected chi connectivity index (χ1v) is 8.70. The number of aromatic nitrogens is 1. The van der Waals surface area contributed by atoms with Gasteiger partial charge in [0.25, 0.3) is 0 Å². The molecule has 1 N–H and O–H groups in total. The number of H-pyrrole nitrogens is 1. The fourth-order valence-electron chi connectivity index (χ4n) is 3.24. The van der Waals surface area contributed by atoms with Crippen molar-refractivity contribution in [2.24, 2.45) is 0 Å². The molecule has 0 bridgehead atoms. The highest BCUT2D eigenvalue weighted by molar-refractivity contribution is 5.84. The summed E-state index contributed by atoms with van der Waals surface area (Å²) in [6.07, 6.45) is 7.98. The first-order chi connectivity index (χ1) is 10.9. The van der Waals surface area contributed by atoms with Crippen LogP contribution < -0.4 is 0 Å². The van der Waals surface area contributed by atoms with Crippen LogP contribution in [0.2, 0.25) is 0 Å². The molecule has 1 atom stereocenters. The fourth-order valence-corrected chi connectivity index (χ4v) is 3.24. The van der Waals surface area contributed by atoms with Gasteiger partial charge in [-0.25, -0.2) is 0 Å². The van der Waals surface area contributed by atoms with E-state index in [1.807, 2.05) is 0 Å². The maximum atomic E-state index is 5.93. The second-order valence-corrected chi connectivity index (χ2v) is 6.15. The molecule has 0 amide bonds. The lowest BCUT2D eigenvalue weighted by molar-refractivity contribution is -0.161. The number of benzene rings is 1. The Balaban J connectivity index is 1.67. The molecule has 2 heterocycles. The van der Waals surface area contributed by atoms with Gasteiger partial charge in [-0.15, -0.1) is 0 Å². The molecule has 0 spiro atoms. The molecule has 3 heteroatoms. The summed E-state index contributed by atoms with van der Waals surface area (Å²) in [4.78, 5) is 3.60. The largest absolute Gasteiger partial charge is 0.358 e. The zero-order valence-corrected chi connectivity index (χ0v) is 13.6. The van der Waals surface area contributed by atoms with Crippen LogP contribution in [0.25, 0.3) is 10.9 Å². The monoisotopic (exact) mass is 301 g/mol. The number of hydrogen-bond acceptors (Lipinski definition) is 2. The van der Waals surface area contributed by atoms with Gasteiger partial charge in [-0.05, 0) is 50.2 Å². The minimum Gasteiger partial charge on any atom is -0.358 e. The number of rotatable bonds is 7. The van der Waals surface area contributed by atoms with Gasteiger partial charge < -0.3 is 14.5 Å². The summed E-state index contributed by atoms with van der Waals surface area (Å²) in [6.45, 7) is 3.83. The Morgan fingerprint density at radius 1 is 1.23 bits per heavy atom. The van der Waals surface area contributed by atoms with Crippen molar-refractivity contribution in [3.8, 4) is 0 Å². The molecule has 0 aliphatic carbocycles. The van der Waals surface area contributed by atoms with E-state index in [4.69, 9.17) is 9.47 Å². The summed E-state index contributed by atoms with van der Waals surface area (Å²) in [6, 6.07) is 8.60. The maximum Gasteiger partial charge on any atom is 0.157 e. The van der Waals surface area contributed by atoms with Crippen LogP contribution in [0.3, 0.4) is 0 Å². The van der Waals surface area contributed by atoms with E-state index in [1.165, 1.54) is 47.8 Å². The van der Waals surface area contributed by atoms with Gasteiger partial charge in [0.15, 0.2) is 6.29 Å². The Labute approximate surface area is 133 Å². The normalized spacial score (nSPS) is 18.9. The third-order valence-corrected chi connectivity index (χ3v) is 4.48. The Morgan fingerprint density at radius 2 is 2.14 bits per heavy atom. The molecule has 0 saturated carbocycles. The van der Waals surface area contributed by atoms with E-state index >= 15 is 0 Å². The quantitative estimate of drug-likeness (QED) is 0.811. The lowest BCUT2D eigenvalue weighted by Crippen LogP contribution is -2.23. The van der Waals surface area contributed by atoms with Crippen LogP contribution in [0.5, 0.6) is 0 Å². The van der Waals surface area contributed by atoms with Gasteiger partial charge in [-0.3, -0.25) is 0 Å². The number of nitrogens with one attached hydrogen (secondary N) is 1. The third-order valence-electron chi connectivity index (χ3n) is 4.48. The van der Waals surface area contributed by atoms with E-state index in [0.29, 0.717) is 0 Å². The highest BCUT2D eigenvalue weighted by Crippen LogP contribution is 2.25. The molecule has 2 aromatic rings. The Kier molecular flexibility index (Phi) is 5.52. The van der Waals surface area contributed by atoms with Gasteiger partial charge in [0.05, 0.1) is 6.61 Å². The van der Waals surface area contributed by atoms with E-state index < -0.39 is 0 Å². The molecule has 0 radical (unpaired) electrons. The van der Waals surface area contributed by atoms with Gasteiger partial charge in [-0.1, -0.05) is 31.5 Å². The van der Waals surface area contributed by atoms with Gasteiger partial charge in [0.2, 0.25) is 0 Å². The van der Waals surface area contributed by atoms with Crippen molar-refractivity contribution in [2.45, 2.75) is 58.2 Å². The minimum absolute atomic E-state index is 0.0121. The van der Waals surface area contributed by atoms with Crippen LogP contribution in [0.4, 0.5) is 0 Å². The summed E-state index contributed by atoms with van der Waals surface area (Å²) in [7, 11) is 0. The van der Waals surface area contributed by atoms with Crippen LogP contribution in [-0.4, -0.2) is 24.5 Å². The first-order valence-electron chi connectivity index (χ1n) is 8.70. The summed E-state index contributed by atoms with van der Waals surface area (Å²) >= 11 is 0. The molecule has 3 rings (SSSR count). The topological polar surface area (TPSA) is 34.2 Å². The number of aromatic amines is 1. The fraction of sp³-hybridized carbons (Fsp3) is 0.579. The molecule has 1 aliphatic heterocycles. The molecule has 1 aromatic carbocycles. The number of fused-ring (bicyclic) bond motifs is 1. The van der Waals surface area contributed by atoms with Crippen molar-refractivity contribution < 1.29 is 9.47 Å². The molecular weight excluding hydrogens is 274 g/mol. The summed E-state index contributed by atoms with van der Waals surface area (Å²) in [5.74, 6) is 0. The number of para-hydroxylation sites is 1. The summed E-state index contributed by atoms with van der Waals surface area (Å²) in [5.41, 5.74) is 4.06. The van der Waals surface area contributed by atoms with Crippen LogP contribution in [0.1, 0.15) is 50.3 Å². The predicted molar refractivity (Wildman–Crippen MR) is 90.2 cm³/mol. The molecule has 1 aliphatic rings. The van der Waals surface area contributed by atoms with Crippen molar-refractivity contribution in [1.29, 1.82) is 0 Å². The number of ether oxygens (including phenoxy) is 2. The Bertz CT molecular complexity index is 584. The molecule has 120 valence electrons. The lowest BCUT2D eigenvalue weighted by atomic mass is 10.0. The molecule has 3 nitrogen and oxygen atoms in total. The zero-order chi connectivity index (χ0) is 15.2. The van der Waals surface area contributed by atoms with Crippen molar-refractivity contribution in [1.82, 2.24) is 4.98 Å². The first kappa shape index (κ1) is 15.6. The SMILES string of the molecule is CCCCc1[nH]c2ccccc2c1CCOC1CCCCO1. The van der Waals surface area contributed by atoms with Gasteiger partial charge in [0, 0.05) is 23.2 Å². The van der Waals surface area contributed by atoms with Crippen molar-refractivity contribution in [3.05, 3.63) is 35.5 Å². The average molecular weight is 301 g/mol. The van der Waals surface area contributed by atoms with Gasteiger partial charge >= 0.3 is 0 Å². The number of unbranched alkanes of at least 4 members (excludes halogenated alkanes) is 1. The van der Waals surface area contributed by atoms with E-state index in [9.17, 15) is 0 Å². The highest BCUT2D eigenvalue weighted by Gasteiger charge is 2.15. The average Bonchev–Trinajstić information content (AvgIpc) is 2.92. The standard InChI is InChI=1S/C19H27NO2/c1-2-3-9-17-16(15-8-4-5-10-18(15)20-17)12-14-22-19-11-6-7-13-21-19/h4-5,8,10,19-20H,2-3,6-7,9,11-14H2,1H3. The molecule has 22 heavy (non-hydrogen) atoms. The van der Waals surface area contributed by atoms with Gasteiger partial charge in [0.1, 0.15) is 0 Å². The van der Waals surface area contributed by atoms with Crippen LogP contribution in [-0.2, 0) is 22.3 Å². The van der Waals surface area contributed by atoms with Crippen molar-refractivity contribution >= 4 is 10.9 Å². The maximum absolute atomic E-state index is 5.93. The third kappa shape index (κ3) is 3.71. The van der Waals surface area contributed by atoms with E-state index in [1.54, 1.807) is 0 Å². The minimum atomic E-state index is 0.0121.